The molecule has 1 aromatic carbocycles. The topological polar surface area (TPSA) is 38.0 Å². The van der Waals surface area contributed by atoms with Gasteiger partial charge in [0.1, 0.15) is 11.6 Å². The average molecular weight is 266 g/mol. The highest BCUT2D eigenvalue weighted by atomic mass is 19.1. The Morgan fingerprint density at radius 1 is 1.21 bits per heavy atom. The molecule has 4 unspecified atom stereocenters. The summed E-state index contributed by atoms with van der Waals surface area (Å²) in [4.78, 5) is 0. The van der Waals surface area contributed by atoms with Gasteiger partial charge in [-0.2, -0.15) is 0 Å². The van der Waals surface area contributed by atoms with E-state index >= 15 is 0 Å². The van der Waals surface area contributed by atoms with Gasteiger partial charge in [-0.1, -0.05) is 12.5 Å². The lowest BCUT2D eigenvalue weighted by atomic mass is 9.81. The zero-order valence-corrected chi connectivity index (χ0v) is 10.9. The summed E-state index contributed by atoms with van der Waals surface area (Å²) in [7, 11) is 0. The summed E-state index contributed by atoms with van der Waals surface area (Å²) in [5, 5.41) is 0. The minimum Gasteiger partial charge on any atom is -0.271 e. The first kappa shape index (κ1) is 13.0. The molecule has 1 aromatic rings. The Morgan fingerprint density at radius 3 is 2.47 bits per heavy atom. The average Bonchev–Trinajstić information content (AvgIpc) is 3.01. The van der Waals surface area contributed by atoms with Crippen molar-refractivity contribution in [2.75, 3.05) is 0 Å². The van der Waals surface area contributed by atoms with Gasteiger partial charge in [0, 0.05) is 11.6 Å². The van der Waals surface area contributed by atoms with E-state index in [4.69, 9.17) is 5.84 Å². The fourth-order valence-corrected chi connectivity index (χ4v) is 4.07. The number of hydrogen-bond donors (Lipinski definition) is 2. The smallest absolute Gasteiger partial charge is 0.129 e. The number of nitrogens with two attached hydrogens (primary N) is 1. The van der Waals surface area contributed by atoms with Gasteiger partial charge < -0.3 is 0 Å². The van der Waals surface area contributed by atoms with Crippen molar-refractivity contribution in [3.63, 3.8) is 0 Å². The normalized spacial score (nSPS) is 30.8. The zero-order chi connectivity index (χ0) is 13.4. The van der Waals surface area contributed by atoms with Crippen LogP contribution in [0.5, 0.6) is 0 Å². The molecule has 0 saturated heterocycles. The van der Waals surface area contributed by atoms with E-state index in [0.717, 1.165) is 12.3 Å². The van der Waals surface area contributed by atoms with Gasteiger partial charge in [0.05, 0.1) is 0 Å². The molecule has 0 heterocycles. The molecular weight excluding hydrogens is 246 g/mol. The number of hydrazine groups is 1. The van der Waals surface area contributed by atoms with Crippen LogP contribution in [0.15, 0.2) is 18.2 Å². The largest absolute Gasteiger partial charge is 0.271 e. The molecule has 2 aliphatic rings. The van der Waals surface area contributed by atoms with Crippen LogP contribution in [0.2, 0.25) is 0 Å². The second-order valence-electron chi connectivity index (χ2n) is 6.02. The number of fused-ring (bicyclic) bond motifs is 2. The third-order valence-corrected chi connectivity index (χ3v) is 5.01. The molecule has 2 fully saturated rings. The van der Waals surface area contributed by atoms with Crippen molar-refractivity contribution in [1.29, 1.82) is 0 Å². The standard InChI is InChI=1S/C15H20F2N2/c16-13-2-1-3-14(17)12(13)8-15(19-18)11-7-9-4-5-10(11)6-9/h1-3,9-11,15,19H,4-8,18H2. The van der Waals surface area contributed by atoms with E-state index in [-0.39, 0.29) is 11.6 Å². The van der Waals surface area contributed by atoms with E-state index in [1.807, 2.05) is 0 Å². The maximum absolute atomic E-state index is 13.7. The van der Waals surface area contributed by atoms with Crippen molar-refractivity contribution >= 4 is 0 Å². The third-order valence-electron chi connectivity index (χ3n) is 5.01. The minimum atomic E-state index is -0.469. The Bertz CT molecular complexity index is 443. The molecule has 4 atom stereocenters. The molecular formula is C15H20F2N2. The van der Waals surface area contributed by atoms with Gasteiger partial charge >= 0.3 is 0 Å². The van der Waals surface area contributed by atoms with E-state index in [0.29, 0.717) is 18.3 Å². The summed E-state index contributed by atoms with van der Waals surface area (Å²) in [5.74, 6) is 6.64. The van der Waals surface area contributed by atoms with E-state index in [9.17, 15) is 8.78 Å². The van der Waals surface area contributed by atoms with Crippen molar-refractivity contribution < 1.29 is 8.78 Å². The Balaban J connectivity index is 1.77. The van der Waals surface area contributed by atoms with E-state index in [2.05, 4.69) is 5.43 Å². The number of benzene rings is 1. The first-order chi connectivity index (χ1) is 9.19. The highest BCUT2D eigenvalue weighted by Crippen LogP contribution is 2.49. The van der Waals surface area contributed by atoms with Gasteiger partial charge in [0.15, 0.2) is 0 Å². The van der Waals surface area contributed by atoms with Crippen LogP contribution in [-0.2, 0) is 6.42 Å². The molecule has 3 N–H and O–H groups in total. The van der Waals surface area contributed by atoms with Crippen LogP contribution >= 0.6 is 0 Å². The predicted molar refractivity (Wildman–Crippen MR) is 70.1 cm³/mol. The minimum absolute atomic E-state index is 0.0262. The highest BCUT2D eigenvalue weighted by Gasteiger charge is 2.43. The van der Waals surface area contributed by atoms with Crippen LogP contribution in [0.1, 0.15) is 31.2 Å². The molecule has 2 bridgehead atoms. The summed E-state index contributed by atoms with van der Waals surface area (Å²) in [6.45, 7) is 0. The zero-order valence-electron chi connectivity index (χ0n) is 10.9. The van der Waals surface area contributed by atoms with Crippen LogP contribution in [-0.4, -0.2) is 6.04 Å². The van der Waals surface area contributed by atoms with Gasteiger partial charge in [0.25, 0.3) is 0 Å². The second kappa shape index (κ2) is 5.17. The molecule has 0 aromatic heterocycles. The lowest BCUT2D eigenvalue weighted by Gasteiger charge is -2.30. The van der Waals surface area contributed by atoms with Crippen LogP contribution < -0.4 is 11.3 Å². The molecule has 0 spiro atoms. The Hall–Kier alpha value is -1.00. The molecule has 0 aliphatic heterocycles. The Morgan fingerprint density at radius 2 is 1.95 bits per heavy atom. The van der Waals surface area contributed by atoms with Crippen molar-refractivity contribution in [1.82, 2.24) is 5.43 Å². The number of nitrogens with one attached hydrogen (secondary N) is 1. The maximum Gasteiger partial charge on any atom is 0.129 e. The lowest BCUT2D eigenvalue weighted by molar-refractivity contribution is 0.245. The number of rotatable bonds is 4. The Kier molecular flexibility index (Phi) is 3.54. The van der Waals surface area contributed by atoms with Gasteiger partial charge in [-0.3, -0.25) is 11.3 Å². The predicted octanol–water partition coefficient (Wildman–Crippen LogP) is 2.78. The Labute approximate surface area is 112 Å². The molecule has 2 nitrogen and oxygen atoms in total. The van der Waals surface area contributed by atoms with Gasteiger partial charge in [-0.25, -0.2) is 8.78 Å². The molecule has 2 saturated carbocycles. The SMILES string of the molecule is NNC(Cc1c(F)cccc1F)C1CC2CCC1C2. The lowest BCUT2D eigenvalue weighted by Crippen LogP contribution is -2.44. The second-order valence-corrected chi connectivity index (χ2v) is 6.02. The molecule has 4 heteroatoms. The maximum atomic E-state index is 13.7. The molecule has 104 valence electrons. The fourth-order valence-electron chi connectivity index (χ4n) is 4.07. The molecule has 0 radical (unpaired) electrons. The van der Waals surface area contributed by atoms with E-state index < -0.39 is 11.6 Å². The van der Waals surface area contributed by atoms with Crippen LogP contribution in [0.25, 0.3) is 0 Å². The molecule has 2 aliphatic carbocycles. The van der Waals surface area contributed by atoms with E-state index in [1.54, 1.807) is 0 Å². The number of hydrogen-bond acceptors (Lipinski definition) is 2. The molecule has 19 heavy (non-hydrogen) atoms. The fraction of sp³-hybridized carbons (Fsp3) is 0.600. The van der Waals surface area contributed by atoms with Crippen molar-refractivity contribution in [2.45, 2.75) is 38.1 Å². The van der Waals surface area contributed by atoms with Gasteiger partial charge in [-0.15, -0.1) is 0 Å². The molecule has 3 rings (SSSR count). The van der Waals surface area contributed by atoms with Gasteiger partial charge in [-0.05, 0) is 55.6 Å². The van der Waals surface area contributed by atoms with Crippen LogP contribution in [0, 0.1) is 29.4 Å². The summed E-state index contributed by atoms with van der Waals surface area (Å²) >= 11 is 0. The van der Waals surface area contributed by atoms with Crippen LogP contribution in [0.3, 0.4) is 0 Å². The first-order valence-corrected chi connectivity index (χ1v) is 7.08. The third kappa shape index (κ3) is 2.39. The van der Waals surface area contributed by atoms with E-state index in [1.165, 1.54) is 37.5 Å². The summed E-state index contributed by atoms with van der Waals surface area (Å²) in [5.41, 5.74) is 2.96. The van der Waals surface area contributed by atoms with Gasteiger partial charge in [0.2, 0.25) is 0 Å². The van der Waals surface area contributed by atoms with Crippen molar-refractivity contribution in [3.05, 3.63) is 35.4 Å². The quantitative estimate of drug-likeness (QED) is 0.649. The summed E-state index contributed by atoms with van der Waals surface area (Å²) < 4.78 is 27.4. The first-order valence-electron chi connectivity index (χ1n) is 7.08. The summed E-state index contributed by atoms with van der Waals surface area (Å²) in [6.07, 6.45) is 5.31. The summed E-state index contributed by atoms with van der Waals surface area (Å²) in [6, 6.07) is 4.00. The van der Waals surface area contributed by atoms with Crippen LogP contribution in [0.4, 0.5) is 8.78 Å². The van der Waals surface area contributed by atoms with Crippen molar-refractivity contribution in [3.8, 4) is 0 Å². The highest BCUT2D eigenvalue weighted by molar-refractivity contribution is 5.21. The number of halogens is 2. The molecule has 0 amide bonds. The monoisotopic (exact) mass is 266 g/mol. The van der Waals surface area contributed by atoms with Crippen molar-refractivity contribution in [2.24, 2.45) is 23.6 Å².